The molecular weight excluding hydrogens is 312 g/mol. The highest BCUT2D eigenvalue weighted by Crippen LogP contribution is 2.24. The molecule has 0 aliphatic carbocycles. The first-order valence-corrected chi connectivity index (χ1v) is 7.86. The van der Waals surface area contributed by atoms with Crippen molar-refractivity contribution in [1.82, 2.24) is 10.3 Å². The van der Waals surface area contributed by atoms with Crippen LogP contribution >= 0.6 is 12.4 Å². The van der Waals surface area contributed by atoms with Crippen LogP contribution in [0.4, 0.5) is 0 Å². The summed E-state index contributed by atoms with van der Waals surface area (Å²) in [4.78, 5) is 4.29. The monoisotopic (exact) mass is 334 g/mol. The molecule has 2 heterocycles. The molecule has 1 aromatic carbocycles. The van der Waals surface area contributed by atoms with Gasteiger partial charge in [-0.15, -0.1) is 12.4 Å². The molecular formula is C18H23ClN2O2. The standard InChI is InChI=1S/C18H22N2O2.ClH/c21-8-2-4-14-3-1-5-15(9-14)16-10-18(12-19-11-16)22-13-17-6-7-20-17;/h1,3,5,9-12,17,20-21H,2,4,6-8,13H2;1H/t17-;/m0./s1. The zero-order valence-corrected chi connectivity index (χ0v) is 13.9. The predicted molar refractivity (Wildman–Crippen MR) is 94.2 cm³/mol. The zero-order valence-electron chi connectivity index (χ0n) is 13.1. The van der Waals surface area contributed by atoms with Crippen LogP contribution < -0.4 is 10.1 Å². The van der Waals surface area contributed by atoms with Gasteiger partial charge in [-0.2, -0.15) is 0 Å². The van der Waals surface area contributed by atoms with Crippen molar-refractivity contribution in [2.75, 3.05) is 19.8 Å². The summed E-state index contributed by atoms with van der Waals surface area (Å²) in [5, 5.41) is 12.3. The fourth-order valence-corrected chi connectivity index (χ4v) is 2.53. The van der Waals surface area contributed by atoms with Gasteiger partial charge in [-0.1, -0.05) is 24.3 Å². The molecule has 0 saturated carbocycles. The van der Waals surface area contributed by atoms with Crippen molar-refractivity contribution in [3.63, 3.8) is 0 Å². The number of ether oxygens (including phenoxy) is 1. The second-order valence-electron chi connectivity index (χ2n) is 5.69. The Balaban J connectivity index is 0.00000192. The lowest BCUT2D eigenvalue weighted by molar-refractivity contribution is 0.217. The van der Waals surface area contributed by atoms with Gasteiger partial charge >= 0.3 is 0 Å². The van der Waals surface area contributed by atoms with E-state index in [-0.39, 0.29) is 19.0 Å². The van der Waals surface area contributed by atoms with Gasteiger partial charge < -0.3 is 15.2 Å². The van der Waals surface area contributed by atoms with Crippen molar-refractivity contribution in [2.45, 2.75) is 25.3 Å². The number of rotatable bonds is 7. The van der Waals surface area contributed by atoms with Gasteiger partial charge in [0.25, 0.3) is 0 Å². The first-order valence-electron chi connectivity index (χ1n) is 7.86. The highest BCUT2D eigenvalue weighted by molar-refractivity contribution is 5.85. The molecule has 5 heteroatoms. The number of hydrogen-bond donors (Lipinski definition) is 2. The van der Waals surface area contributed by atoms with E-state index in [0.29, 0.717) is 12.6 Å². The van der Waals surface area contributed by atoms with Crippen LogP contribution in [0, 0.1) is 0 Å². The summed E-state index contributed by atoms with van der Waals surface area (Å²) in [6.07, 6.45) is 6.48. The molecule has 124 valence electrons. The number of aryl methyl sites for hydroxylation is 1. The van der Waals surface area contributed by atoms with E-state index in [4.69, 9.17) is 9.84 Å². The first-order chi connectivity index (χ1) is 10.8. The Kier molecular flexibility index (Phi) is 6.84. The molecule has 0 spiro atoms. The van der Waals surface area contributed by atoms with E-state index in [1.54, 1.807) is 6.20 Å². The van der Waals surface area contributed by atoms with E-state index in [1.165, 1.54) is 12.0 Å². The molecule has 23 heavy (non-hydrogen) atoms. The number of aliphatic hydroxyl groups excluding tert-OH is 1. The van der Waals surface area contributed by atoms with Gasteiger partial charge in [0.1, 0.15) is 12.4 Å². The molecule has 0 radical (unpaired) electrons. The summed E-state index contributed by atoms with van der Waals surface area (Å²) >= 11 is 0. The molecule has 2 N–H and O–H groups in total. The molecule has 1 atom stereocenters. The molecule has 0 amide bonds. The highest BCUT2D eigenvalue weighted by Gasteiger charge is 2.16. The van der Waals surface area contributed by atoms with Gasteiger partial charge in [0.05, 0.1) is 6.20 Å². The number of halogens is 1. The number of hydrogen-bond acceptors (Lipinski definition) is 4. The van der Waals surface area contributed by atoms with Crippen molar-refractivity contribution >= 4 is 12.4 Å². The van der Waals surface area contributed by atoms with Gasteiger partial charge in [0.15, 0.2) is 0 Å². The van der Waals surface area contributed by atoms with Crippen molar-refractivity contribution in [3.8, 4) is 16.9 Å². The predicted octanol–water partition coefficient (Wildman–Crippen LogP) is 2.84. The molecule has 3 rings (SSSR count). The number of nitrogens with one attached hydrogen (secondary N) is 1. The van der Waals surface area contributed by atoms with Crippen LogP contribution in [0.2, 0.25) is 0 Å². The van der Waals surface area contributed by atoms with E-state index in [2.05, 4.69) is 28.5 Å². The Morgan fingerprint density at radius 3 is 2.83 bits per heavy atom. The summed E-state index contributed by atoms with van der Waals surface area (Å²) < 4.78 is 5.81. The summed E-state index contributed by atoms with van der Waals surface area (Å²) in [7, 11) is 0. The average Bonchev–Trinajstić information content (AvgIpc) is 2.52. The van der Waals surface area contributed by atoms with Crippen LogP contribution in [0.25, 0.3) is 11.1 Å². The molecule has 1 fully saturated rings. The first kappa shape index (κ1) is 17.7. The smallest absolute Gasteiger partial charge is 0.138 e. The molecule has 2 aromatic rings. The van der Waals surface area contributed by atoms with Gasteiger partial charge in [0.2, 0.25) is 0 Å². The molecule has 1 aliphatic heterocycles. The fourth-order valence-electron chi connectivity index (χ4n) is 2.53. The van der Waals surface area contributed by atoms with Crippen LogP contribution in [-0.2, 0) is 6.42 Å². The summed E-state index contributed by atoms with van der Waals surface area (Å²) in [5.74, 6) is 0.812. The van der Waals surface area contributed by atoms with Crippen molar-refractivity contribution < 1.29 is 9.84 Å². The van der Waals surface area contributed by atoms with Crippen molar-refractivity contribution in [2.24, 2.45) is 0 Å². The molecule has 1 aliphatic rings. The molecule has 0 unspecified atom stereocenters. The second-order valence-corrected chi connectivity index (χ2v) is 5.69. The Labute approximate surface area is 143 Å². The SMILES string of the molecule is Cl.OCCCc1cccc(-c2cncc(OC[C@@H]3CCN3)c2)c1. The van der Waals surface area contributed by atoms with Gasteiger partial charge in [0, 0.05) is 24.4 Å². The minimum atomic E-state index is 0. The van der Waals surface area contributed by atoms with Crippen LogP contribution in [0.15, 0.2) is 42.7 Å². The van der Waals surface area contributed by atoms with Gasteiger partial charge in [-0.25, -0.2) is 0 Å². The molecule has 1 saturated heterocycles. The largest absolute Gasteiger partial charge is 0.490 e. The van der Waals surface area contributed by atoms with Crippen LogP contribution in [0.5, 0.6) is 5.75 Å². The molecule has 0 bridgehead atoms. The second kappa shape index (κ2) is 8.87. The maximum atomic E-state index is 8.95. The average molecular weight is 335 g/mol. The Hall–Kier alpha value is -1.62. The maximum absolute atomic E-state index is 8.95. The lowest BCUT2D eigenvalue weighted by Gasteiger charge is -2.27. The van der Waals surface area contributed by atoms with Gasteiger partial charge in [-0.05, 0) is 43.0 Å². The number of benzene rings is 1. The molecule has 1 aromatic heterocycles. The topological polar surface area (TPSA) is 54.4 Å². The van der Waals surface area contributed by atoms with E-state index in [0.717, 1.165) is 36.3 Å². The number of aliphatic hydroxyl groups is 1. The minimum absolute atomic E-state index is 0. The molecule has 4 nitrogen and oxygen atoms in total. The van der Waals surface area contributed by atoms with E-state index < -0.39 is 0 Å². The lowest BCUT2D eigenvalue weighted by atomic mass is 10.0. The van der Waals surface area contributed by atoms with Crippen molar-refractivity contribution in [1.29, 1.82) is 0 Å². The number of pyridine rings is 1. The summed E-state index contributed by atoms with van der Waals surface area (Å²) in [6, 6.07) is 10.9. The third kappa shape index (κ3) is 4.93. The highest BCUT2D eigenvalue weighted by atomic mass is 35.5. The van der Waals surface area contributed by atoms with E-state index in [9.17, 15) is 0 Å². The van der Waals surface area contributed by atoms with Crippen LogP contribution in [0.3, 0.4) is 0 Å². The van der Waals surface area contributed by atoms with Gasteiger partial charge in [-0.3, -0.25) is 4.98 Å². The van der Waals surface area contributed by atoms with E-state index >= 15 is 0 Å². The number of nitrogens with zero attached hydrogens (tertiary/aromatic N) is 1. The third-order valence-corrected chi connectivity index (χ3v) is 3.97. The van der Waals surface area contributed by atoms with Crippen LogP contribution in [-0.4, -0.2) is 35.9 Å². The maximum Gasteiger partial charge on any atom is 0.138 e. The Bertz CT molecular complexity index is 617. The third-order valence-electron chi connectivity index (χ3n) is 3.97. The zero-order chi connectivity index (χ0) is 15.2. The normalized spacial score (nSPS) is 16.3. The summed E-state index contributed by atoms with van der Waals surface area (Å²) in [5.41, 5.74) is 3.43. The Morgan fingerprint density at radius 2 is 2.09 bits per heavy atom. The Morgan fingerprint density at radius 1 is 1.22 bits per heavy atom. The quantitative estimate of drug-likeness (QED) is 0.817. The van der Waals surface area contributed by atoms with E-state index in [1.807, 2.05) is 18.3 Å². The number of aromatic nitrogens is 1. The summed E-state index contributed by atoms with van der Waals surface area (Å²) in [6.45, 7) is 2.01. The van der Waals surface area contributed by atoms with Crippen LogP contribution in [0.1, 0.15) is 18.4 Å². The minimum Gasteiger partial charge on any atom is -0.490 e. The fraction of sp³-hybridized carbons (Fsp3) is 0.389. The van der Waals surface area contributed by atoms with Crippen molar-refractivity contribution in [3.05, 3.63) is 48.3 Å². The lowest BCUT2D eigenvalue weighted by Crippen LogP contribution is -2.46.